The van der Waals surface area contributed by atoms with E-state index in [4.69, 9.17) is 4.74 Å². The molecule has 3 aromatic rings. The Morgan fingerprint density at radius 1 is 1.15 bits per heavy atom. The van der Waals surface area contributed by atoms with Crippen LogP contribution in [0, 0.1) is 0 Å². The molecular weight excluding hydrogens is 348 g/mol. The van der Waals surface area contributed by atoms with E-state index in [0.29, 0.717) is 17.6 Å². The Balaban J connectivity index is 1.47. The van der Waals surface area contributed by atoms with Gasteiger partial charge in [0.05, 0.1) is 5.75 Å². The number of anilines is 1. The average Bonchev–Trinajstić information content (AvgIpc) is 3.14. The number of H-pyrrole nitrogens is 1. The maximum Gasteiger partial charge on any atom is 0.234 e. The van der Waals surface area contributed by atoms with Crippen LogP contribution in [0.4, 0.5) is 5.69 Å². The van der Waals surface area contributed by atoms with Crippen LogP contribution in [0.2, 0.25) is 0 Å². The summed E-state index contributed by atoms with van der Waals surface area (Å²) in [6.45, 7) is 2.36. The average molecular weight is 368 g/mol. The van der Waals surface area contributed by atoms with E-state index in [1.165, 1.54) is 11.8 Å². The van der Waals surface area contributed by atoms with Crippen LogP contribution < -0.4 is 10.1 Å². The quantitative estimate of drug-likeness (QED) is 0.593. The molecule has 0 unspecified atom stereocenters. The number of hydrogen-bond donors (Lipinski definition) is 2. The fraction of sp³-hybridized carbons (Fsp3) is 0.211. The van der Waals surface area contributed by atoms with E-state index in [1.54, 1.807) is 0 Å². The van der Waals surface area contributed by atoms with Gasteiger partial charge in [-0.2, -0.15) is 0 Å². The van der Waals surface area contributed by atoms with Gasteiger partial charge in [-0.1, -0.05) is 55.1 Å². The summed E-state index contributed by atoms with van der Waals surface area (Å²) in [6, 6.07) is 17.3. The molecule has 0 atom stereocenters. The number of hydrogen-bond acceptors (Lipinski definition) is 5. The number of carbonyl (C=O) groups excluding carboxylic acids is 1. The maximum atomic E-state index is 12.1. The van der Waals surface area contributed by atoms with Crippen LogP contribution in [0.5, 0.6) is 5.75 Å². The molecule has 0 aliphatic rings. The van der Waals surface area contributed by atoms with Gasteiger partial charge in [-0.15, -0.1) is 5.10 Å². The molecule has 2 N–H and O–H groups in total. The SMILES string of the molecule is CCc1ccccc1NC(=O)CSc1n[nH]c(COc2ccccc2)n1. The van der Waals surface area contributed by atoms with Crippen molar-refractivity contribution >= 4 is 23.4 Å². The summed E-state index contributed by atoms with van der Waals surface area (Å²) < 4.78 is 5.61. The minimum Gasteiger partial charge on any atom is -0.486 e. The van der Waals surface area contributed by atoms with Crippen LogP contribution in [0.1, 0.15) is 18.3 Å². The van der Waals surface area contributed by atoms with Crippen molar-refractivity contribution < 1.29 is 9.53 Å². The zero-order valence-electron chi connectivity index (χ0n) is 14.4. The molecule has 1 heterocycles. The molecule has 26 heavy (non-hydrogen) atoms. The molecule has 0 aliphatic carbocycles. The summed E-state index contributed by atoms with van der Waals surface area (Å²) in [6.07, 6.45) is 0.870. The lowest BCUT2D eigenvalue weighted by Gasteiger charge is -2.08. The van der Waals surface area contributed by atoms with Crippen LogP contribution in [0.15, 0.2) is 59.8 Å². The number of nitrogens with one attached hydrogen (secondary N) is 2. The van der Waals surface area contributed by atoms with Crippen LogP contribution in [-0.2, 0) is 17.8 Å². The number of aryl methyl sites for hydroxylation is 1. The van der Waals surface area contributed by atoms with Gasteiger partial charge in [0, 0.05) is 5.69 Å². The van der Waals surface area contributed by atoms with Crippen molar-refractivity contribution in [2.75, 3.05) is 11.1 Å². The van der Waals surface area contributed by atoms with Gasteiger partial charge in [0.1, 0.15) is 12.4 Å². The molecule has 7 heteroatoms. The summed E-state index contributed by atoms with van der Waals surface area (Å²) >= 11 is 1.28. The van der Waals surface area contributed by atoms with Gasteiger partial charge in [-0.25, -0.2) is 4.98 Å². The number of para-hydroxylation sites is 2. The molecule has 0 bridgehead atoms. The summed E-state index contributed by atoms with van der Waals surface area (Å²) in [4.78, 5) is 16.5. The van der Waals surface area contributed by atoms with Gasteiger partial charge in [0.15, 0.2) is 5.82 Å². The van der Waals surface area contributed by atoms with Crippen molar-refractivity contribution in [1.82, 2.24) is 15.2 Å². The number of thioether (sulfide) groups is 1. The monoisotopic (exact) mass is 368 g/mol. The highest BCUT2D eigenvalue weighted by atomic mass is 32.2. The summed E-state index contributed by atoms with van der Waals surface area (Å²) in [5, 5.41) is 10.4. The lowest BCUT2D eigenvalue weighted by molar-refractivity contribution is -0.113. The molecule has 3 rings (SSSR count). The minimum absolute atomic E-state index is 0.0808. The third kappa shape index (κ3) is 5.10. The smallest absolute Gasteiger partial charge is 0.234 e. The number of carbonyl (C=O) groups is 1. The second-order valence-corrected chi connectivity index (χ2v) is 6.46. The molecule has 6 nitrogen and oxygen atoms in total. The van der Waals surface area contributed by atoms with Gasteiger partial charge in [-0.3, -0.25) is 9.89 Å². The number of aromatic amines is 1. The Hall–Kier alpha value is -2.80. The van der Waals surface area contributed by atoms with Gasteiger partial charge in [0.2, 0.25) is 11.1 Å². The van der Waals surface area contributed by atoms with Gasteiger partial charge >= 0.3 is 0 Å². The van der Waals surface area contributed by atoms with Crippen molar-refractivity contribution in [1.29, 1.82) is 0 Å². The molecule has 0 saturated carbocycles. The largest absolute Gasteiger partial charge is 0.486 e. The van der Waals surface area contributed by atoms with Crippen molar-refractivity contribution in [2.45, 2.75) is 25.1 Å². The zero-order chi connectivity index (χ0) is 18.2. The van der Waals surface area contributed by atoms with E-state index in [2.05, 4.69) is 27.4 Å². The first-order chi connectivity index (χ1) is 12.7. The number of nitrogens with zero attached hydrogens (tertiary/aromatic N) is 2. The minimum atomic E-state index is -0.0808. The van der Waals surface area contributed by atoms with E-state index in [9.17, 15) is 4.79 Å². The predicted molar refractivity (Wildman–Crippen MR) is 102 cm³/mol. The highest BCUT2D eigenvalue weighted by Gasteiger charge is 2.10. The Kier molecular flexibility index (Phi) is 6.27. The van der Waals surface area contributed by atoms with Crippen molar-refractivity contribution in [3.8, 4) is 5.75 Å². The molecule has 1 amide bonds. The maximum absolute atomic E-state index is 12.1. The fourth-order valence-corrected chi connectivity index (χ4v) is 2.96. The van der Waals surface area contributed by atoms with Crippen LogP contribution in [0.3, 0.4) is 0 Å². The van der Waals surface area contributed by atoms with Crippen LogP contribution in [0.25, 0.3) is 0 Å². The van der Waals surface area contributed by atoms with E-state index in [0.717, 1.165) is 23.4 Å². The molecular formula is C19H20N4O2S. The molecule has 0 aliphatic heterocycles. The van der Waals surface area contributed by atoms with Gasteiger partial charge in [-0.05, 0) is 30.2 Å². The third-order valence-electron chi connectivity index (χ3n) is 3.63. The first kappa shape index (κ1) is 18.0. The van der Waals surface area contributed by atoms with Crippen LogP contribution in [-0.4, -0.2) is 26.8 Å². The Labute approximate surface area is 156 Å². The third-order valence-corrected chi connectivity index (χ3v) is 4.48. The summed E-state index contributed by atoms with van der Waals surface area (Å²) in [5.74, 6) is 1.55. The van der Waals surface area contributed by atoms with E-state index < -0.39 is 0 Å². The molecule has 0 fully saturated rings. The zero-order valence-corrected chi connectivity index (χ0v) is 15.3. The van der Waals surface area contributed by atoms with Gasteiger partial charge < -0.3 is 10.1 Å². The lowest BCUT2D eigenvalue weighted by atomic mass is 10.1. The van der Waals surface area contributed by atoms with Crippen molar-refractivity contribution in [2.24, 2.45) is 0 Å². The normalized spacial score (nSPS) is 10.5. The number of ether oxygens (including phenoxy) is 1. The van der Waals surface area contributed by atoms with E-state index >= 15 is 0 Å². The molecule has 0 spiro atoms. The Morgan fingerprint density at radius 3 is 2.73 bits per heavy atom. The topological polar surface area (TPSA) is 79.9 Å². The number of benzene rings is 2. The molecule has 134 valence electrons. The second-order valence-electron chi connectivity index (χ2n) is 5.51. The number of amides is 1. The van der Waals surface area contributed by atoms with Crippen molar-refractivity contribution in [3.63, 3.8) is 0 Å². The van der Waals surface area contributed by atoms with Gasteiger partial charge in [0.25, 0.3) is 0 Å². The predicted octanol–water partition coefficient (Wildman–Crippen LogP) is 3.68. The van der Waals surface area contributed by atoms with E-state index in [-0.39, 0.29) is 11.7 Å². The first-order valence-corrected chi connectivity index (χ1v) is 9.33. The number of rotatable bonds is 8. The second kappa shape index (κ2) is 9.05. The summed E-state index contributed by atoms with van der Waals surface area (Å²) in [7, 11) is 0. The lowest BCUT2D eigenvalue weighted by Crippen LogP contribution is -2.15. The Bertz CT molecular complexity index is 852. The number of aromatic nitrogens is 3. The highest BCUT2D eigenvalue weighted by molar-refractivity contribution is 7.99. The van der Waals surface area contributed by atoms with Crippen molar-refractivity contribution in [3.05, 3.63) is 66.0 Å². The van der Waals surface area contributed by atoms with E-state index in [1.807, 2.05) is 54.6 Å². The standard InChI is InChI=1S/C19H20N4O2S/c1-2-14-8-6-7-11-16(14)20-18(24)13-26-19-21-17(22-23-19)12-25-15-9-4-3-5-10-15/h3-11H,2,12-13H2,1H3,(H,20,24)(H,21,22,23). The highest BCUT2D eigenvalue weighted by Crippen LogP contribution is 2.18. The first-order valence-electron chi connectivity index (χ1n) is 8.34. The Morgan fingerprint density at radius 2 is 1.92 bits per heavy atom. The summed E-state index contributed by atoms with van der Waals surface area (Å²) in [5.41, 5.74) is 1.97. The molecule has 2 aromatic carbocycles. The molecule has 0 radical (unpaired) electrons. The van der Waals surface area contributed by atoms with Crippen LogP contribution >= 0.6 is 11.8 Å². The fourth-order valence-electron chi connectivity index (χ4n) is 2.34. The molecule has 1 aromatic heterocycles. The molecule has 0 saturated heterocycles.